The van der Waals surface area contributed by atoms with Gasteiger partial charge in [-0.2, -0.15) is 0 Å². The Morgan fingerprint density at radius 2 is 2.04 bits per heavy atom. The van der Waals surface area contributed by atoms with Gasteiger partial charge in [0.15, 0.2) is 0 Å². The van der Waals surface area contributed by atoms with Crippen LogP contribution in [-0.2, 0) is 22.7 Å². The number of hydrogen-bond acceptors (Lipinski definition) is 5. The van der Waals surface area contributed by atoms with Crippen LogP contribution in [0.3, 0.4) is 0 Å². The first kappa shape index (κ1) is 16.9. The Bertz CT molecular complexity index is 675. The van der Waals surface area contributed by atoms with Crippen LogP contribution >= 0.6 is 11.8 Å². The van der Waals surface area contributed by atoms with Crippen molar-refractivity contribution in [2.75, 3.05) is 5.75 Å². The van der Waals surface area contributed by atoms with Gasteiger partial charge in [0, 0.05) is 17.1 Å². The summed E-state index contributed by atoms with van der Waals surface area (Å²) < 4.78 is 13.9. The molecular formula is C14H15FN4O3S. The van der Waals surface area contributed by atoms with Crippen LogP contribution in [0.25, 0.3) is 0 Å². The fraction of sp³-hybridized carbons (Fsp3) is 0.286. The van der Waals surface area contributed by atoms with Crippen LogP contribution in [0.4, 0.5) is 4.39 Å². The molecule has 2 rings (SSSR count). The molecule has 0 aliphatic heterocycles. The van der Waals surface area contributed by atoms with E-state index in [1.54, 1.807) is 12.1 Å². The molecule has 7 nitrogen and oxygen atoms in total. The van der Waals surface area contributed by atoms with E-state index in [-0.39, 0.29) is 24.8 Å². The average molecular weight is 338 g/mol. The molecule has 1 heterocycles. The van der Waals surface area contributed by atoms with Crippen molar-refractivity contribution in [2.24, 2.45) is 0 Å². The van der Waals surface area contributed by atoms with Crippen molar-refractivity contribution in [3.63, 3.8) is 0 Å². The Morgan fingerprint density at radius 1 is 1.30 bits per heavy atom. The molecule has 0 aliphatic carbocycles. The van der Waals surface area contributed by atoms with Crippen molar-refractivity contribution >= 4 is 23.6 Å². The number of hydrogen-bond donors (Lipinski definition) is 2. The van der Waals surface area contributed by atoms with Gasteiger partial charge in [-0.25, -0.2) is 9.07 Å². The third-order valence-electron chi connectivity index (χ3n) is 2.76. The number of aliphatic carboxylic acids is 1. The lowest BCUT2D eigenvalue weighted by Gasteiger charge is -2.03. The predicted octanol–water partition coefficient (Wildman–Crippen LogP) is 1.30. The summed E-state index contributed by atoms with van der Waals surface area (Å²) >= 11 is 1.47. The van der Waals surface area contributed by atoms with Gasteiger partial charge in [0.25, 0.3) is 0 Å². The molecule has 9 heteroatoms. The number of halogens is 1. The van der Waals surface area contributed by atoms with Gasteiger partial charge in [-0.05, 0) is 24.3 Å². The molecule has 23 heavy (non-hydrogen) atoms. The number of rotatable bonds is 8. The van der Waals surface area contributed by atoms with E-state index < -0.39 is 5.97 Å². The molecule has 1 aromatic carbocycles. The first-order valence-corrected chi connectivity index (χ1v) is 7.77. The van der Waals surface area contributed by atoms with Gasteiger partial charge >= 0.3 is 5.97 Å². The van der Waals surface area contributed by atoms with E-state index in [9.17, 15) is 14.0 Å². The summed E-state index contributed by atoms with van der Waals surface area (Å²) in [6.07, 6.45) is 1.78. The highest BCUT2D eigenvalue weighted by atomic mass is 32.2. The Kier molecular flexibility index (Phi) is 6.10. The highest BCUT2D eigenvalue weighted by molar-refractivity contribution is 7.99. The Labute approximate surface area is 135 Å². The van der Waals surface area contributed by atoms with Crippen molar-refractivity contribution in [3.8, 4) is 0 Å². The zero-order valence-electron chi connectivity index (χ0n) is 12.1. The molecule has 0 aliphatic rings. The van der Waals surface area contributed by atoms with E-state index in [1.807, 2.05) is 0 Å². The summed E-state index contributed by atoms with van der Waals surface area (Å²) in [7, 11) is 0. The standard InChI is InChI=1S/C14H15FN4O3S/c15-10-1-3-12(4-2-10)23-6-5-13(20)16-7-11-8-19(18-17-11)9-14(21)22/h1-4,8H,5-7,9H2,(H,16,20)(H,21,22). The molecule has 0 atom stereocenters. The summed E-state index contributed by atoms with van der Waals surface area (Å²) in [6, 6.07) is 6.09. The van der Waals surface area contributed by atoms with Crippen LogP contribution < -0.4 is 5.32 Å². The Hall–Kier alpha value is -2.42. The Morgan fingerprint density at radius 3 is 2.74 bits per heavy atom. The number of carbonyl (C=O) groups is 2. The van der Waals surface area contributed by atoms with E-state index in [0.717, 1.165) is 4.90 Å². The quantitative estimate of drug-likeness (QED) is 0.704. The van der Waals surface area contributed by atoms with E-state index >= 15 is 0 Å². The number of carbonyl (C=O) groups excluding carboxylic acids is 1. The number of aromatic nitrogens is 3. The summed E-state index contributed by atoms with van der Waals surface area (Å²) in [4.78, 5) is 23.1. The smallest absolute Gasteiger partial charge is 0.325 e. The SMILES string of the molecule is O=C(O)Cn1cc(CNC(=O)CCSc2ccc(F)cc2)nn1. The molecule has 0 saturated carbocycles. The van der Waals surface area contributed by atoms with Crippen molar-refractivity contribution < 1.29 is 19.1 Å². The largest absolute Gasteiger partial charge is 0.480 e. The lowest BCUT2D eigenvalue weighted by atomic mass is 10.3. The summed E-state index contributed by atoms with van der Waals surface area (Å²) in [5, 5.41) is 18.7. The number of benzene rings is 1. The summed E-state index contributed by atoms with van der Waals surface area (Å²) in [5.41, 5.74) is 0.491. The minimum absolute atomic E-state index is 0.146. The molecule has 0 bridgehead atoms. The lowest BCUT2D eigenvalue weighted by Crippen LogP contribution is -2.23. The number of carboxylic acids is 1. The second-order valence-corrected chi connectivity index (χ2v) is 5.80. The van der Waals surface area contributed by atoms with Gasteiger partial charge in [-0.3, -0.25) is 9.59 Å². The fourth-order valence-electron chi connectivity index (χ4n) is 1.71. The van der Waals surface area contributed by atoms with Gasteiger partial charge in [0.05, 0.1) is 12.7 Å². The zero-order valence-corrected chi connectivity index (χ0v) is 12.9. The van der Waals surface area contributed by atoms with Gasteiger partial charge in [0.2, 0.25) is 5.91 Å². The molecular weight excluding hydrogens is 323 g/mol. The predicted molar refractivity (Wildman–Crippen MR) is 81.2 cm³/mol. The zero-order chi connectivity index (χ0) is 16.7. The lowest BCUT2D eigenvalue weighted by molar-refractivity contribution is -0.138. The number of amides is 1. The molecule has 1 aromatic heterocycles. The van der Waals surface area contributed by atoms with Crippen LogP contribution in [0.15, 0.2) is 35.4 Å². The van der Waals surface area contributed by atoms with Crippen LogP contribution in [0, 0.1) is 5.82 Å². The fourth-order valence-corrected chi connectivity index (χ4v) is 2.56. The van der Waals surface area contributed by atoms with E-state index in [0.29, 0.717) is 17.9 Å². The van der Waals surface area contributed by atoms with Crippen LogP contribution in [0.2, 0.25) is 0 Å². The van der Waals surface area contributed by atoms with Gasteiger partial charge < -0.3 is 10.4 Å². The second kappa shape index (κ2) is 8.28. The maximum Gasteiger partial charge on any atom is 0.325 e. The van der Waals surface area contributed by atoms with Gasteiger partial charge in [-0.1, -0.05) is 5.21 Å². The van der Waals surface area contributed by atoms with Gasteiger partial charge in [-0.15, -0.1) is 16.9 Å². The molecule has 122 valence electrons. The van der Waals surface area contributed by atoms with Gasteiger partial charge in [0.1, 0.15) is 18.1 Å². The Balaban J connectivity index is 1.67. The maximum atomic E-state index is 12.8. The number of thioether (sulfide) groups is 1. The topological polar surface area (TPSA) is 97.1 Å². The van der Waals surface area contributed by atoms with Crippen molar-refractivity contribution in [1.82, 2.24) is 20.3 Å². The summed E-state index contributed by atoms with van der Waals surface area (Å²) in [6.45, 7) is -0.0745. The molecule has 2 N–H and O–H groups in total. The van der Waals surface area contributed by atoms with Crippen LogP contribution in [-0.4, -0.2) is 37.7 Å². The number of nitrogens with zero attached hydrogens (tertiary/aromatic N) is 3. The van der Waals surface area contributed by atoms with E-state index in [1.165, 1.54) is 34.8 Å². The van der Waals surface area contributed by atoms with Crippen molar-refractivity contribution in [2.45, 2.75) is 24.4 Å². The minimum atomic E-state index is -1.01. The van der Waals surface area contributed by atoms with Crippen LogP contribution in [0.1, 0.15) is 12.1 Å². The average Bonchev–Trinajstić information content (AvgIpc) is 2.94. The van der Waals surface area contributed by atoms with Crippen molar-refractivity contribution in [1.29, 1.82) is 0 Å². The summed E-state index contributed by atoms with van der Waals surface area (Å²) in [5.74, 6) is -0.873. The minimum Gasteiger partial charge on any atom is -0.480 e. The normalized spacial score (nSPS) is 10.5. The third kappa shape index (κ3) is 6.07. The van der Waals surface area contributed by atoms with E-state index in [4.69, 9.17) is 5.11 Å². The highest BCUT2D eigenvalue weighted by Crippen LogP contribution is 2.18. The van der Waals surface area contributed by atoms with Crippen molar-refractivity contribution in [3.05, 3.63) is 42.0 Å². The molecule has 2 aromatic rings. The molecule has 1 amide bonds. The molecule has 0 radical (unpaired) electrons. The number of carboxylic acid groups (broad SMARTS) is 1. The monoisotopic (exact) mass is 338 g/mol. The second-order valence-electron chi connectivity index (χ2n) is 4.63. The molecule has 0 fully saturated rings. The molecule has 0 spiro atoms. The maximum absolute atomic E-state index is 12.8. The van der Waals surface area contributed by atoms with E-state index in [2.05, 4.69) is 15.6 Å². The first-order chi connectivity index (χ1) is 11.0. The highest BCUT2D eigenvalue weighted by Gasteiger charge is 2.06. The molecule has 0 saturated heterocycles. The third-order valence-corrected chi connectivity index (χ3v) is 3.78. The number of nitrogens with one attached hydrogen (secondary N) is 1. The molecule has 0 unspecified atom stereocenters. The first-order valence-electron chi connectivity index (χ1n) is 6.79. The van der Waals surface area contributed by atoms with Crippen LogP contribution in [0.5, 0.6) is 0 Å².